The summed E-state index contributed by atoms with van der Waals surface area (Å²) in [7, 11) is 0. The molecule has 0 fully saturated rings. The minimum atomic E-state index is 0.755. The standard InChI is InChI=1S/C12H14N6/c1-3-4-10-13-5-8-18(10)11-12-16-15-9(2)17(12)7-6-14-11/h5-8H,3-4H2,1-2H3. The van der Waals surface area contributed by atoms with Gasteiger partial charge in [-0.25, -0.2) is 9.97 Å². The second-order valence-corrected chi connectivity index (χ2v) is 4.16. The number of aryl methyl sites for hydroxylation is 2. The average Bonchev–Trinajstić information content (AvgIpc) is 2.98. The van der Waals surface area contributed by atoms with Gasteiger partial charge in [-0.15, -0.1) is 10.2 Å². The molecule has 6 heteroatoms. The molecule has 0 saturated heterocycles. The molecule has 3 rings (SSSR count). The summed E-state index contributed by atoms with van der Waals surface area (Å²) in [5.74, 6) is 2.63. The molecule has 0 aliphatic heterocycles. The van der Waals surface area contributed by atoms with Crippen molar-refractivity contribution in [2.24, 2.45) is 0 Å². The van der Waals surface area contributed by atoms with E-state index in [1.807, 2.05) is 28.3 Å². The molecule has 0 saturated carbocycles. The lowest BCUT2D eigenvalue weighted by atomic mass is 10.3. The SMILES string of the molecule is CCCc1nccn1-c1nccn2c(C)nnc12. The quantitative estimate of drug-likeness (QED) is 0.699. The van der Waals surface area contributed by atoms with E-state index in [1.54, 1.807) is 12.4 Å². The molecule has 0 amide bonds. The molecule has 0 N–H and O–H groups in total. The maximum absolute atomic E-state index is 4.41. The van der Waals surface area contributed by atoms with Crippen LogP contribution in [-0.2, 0) is 6.42 Å². The lowest BCUT2D eigenvalue weighted by molar-refractivity contribution is 0.796. The normalized spacial score (nSPS) is 11.2. The van der Waals surface area contributed by atoms with Gasteiger partial charge in [0, 0.05) is 31.2 Å². The minimum Gasteiger partial charge on any atom is -0.285 e. The van der Waals surface area contributed by atoms with Crippen LogP contribution >= 0.6 is 0 Å². The van der Waals surface area contributed by atoms with Crippen molar-refractivity contribution in [2.45, 2.75) is 26.7 Å². The topological polar surface area (TPSA) is 60.9 Å². The zero-order valence-electron chi connectivity index (χ0n) is 10.4. The maximum atomic E-state index is 4.41. The first-order valence-electron chi connectivity index (χ1n) is 6.00. The lowest BCUT2D eigenvalue weighted by Crippen LogP contribution is -2.05. The number of hydrogen-bond donors (Lipinski definition) is 0. The lowest BCUT2D eigenvalue weighted by Gasteiger charge is -2.06. The van der Waals surface area contributed by atoms with E-state index in [0.29, 0.717) is 0 Å². The predicted molar refractivity (Wildman–Crippen MR) is 66.6 cm³/mol. The molecule has 0 unspecified atom stereocenters. The van der Waals surface area contributed by atoms with Crippen molar-refractivity contribution >= 4 is 5.65 Å². The smallest absolute Gasteiger partial charge is 0.204 e. The summed E-state index contributed by atoms with van der Waals surface area (Å²) in [5, 5.41) is 8.26. The highest BCUT2D eigenvalue weighted by Gasteiger charge is 2.12. The highest BCUT2D eigenvalue weighted by molar-refractivity contribution is 5.54. The Hall–Kier alpha value is -2.24. The largest absolute Gasteiger partial charge is 0.285 e. The monoisotopic (exact) mass is 242 g/mol. The summed E-state index contributed by atoms with van der Waals surface area (Å²) in [4.78, 5) is 8.77. The van der Waals surface area contributed by atoms with Gasteiger partial charge in [0.2, 0.25) is 5.65 Å². The van der Waals surface area contributed by atoms with E-state index in [9.17, 15) is 0 Å². The van der Waals surface area contributed by atoms with Crippen LogP contribution in [0, 0.1) is 6.92 Å². The molecule has 3 heterocycles. The van der Waals surface area contributed by atoms with Gasteiger partial charge in [-0.1, -0.05) is 6.92 Å². The van der Waals surface area contributed by atoms with Gasteiger partial charge in [0.05, 0.1) is 0 Å². The van der Waals surface area contributed by atoms with E-state index in [1.165, 1.54) is 0 Å². The van der Waals surface area contributed by atoms with Crippen LogP contribution in [0.3, 0.4) is 0 Å². The van der Waals surface area contributed by atoms with Gasteiger partial charge < -0.3 is 0 Å². The van der Waals surface area contributed by atoms with E-state index in [2.05, 4.69) is 27.1 Å². The van der Waals surface area contributed by atoms with E-state index in [0.717, 1.165) is 36.0 Å². The van der Waals surface area contributed by atoms with Crippen LogP contribution in [0.25, 0.3) is 11.5 Å². The molecule has 3 aromatic rings. The van der Waals surface area contributed by atoms with Crippen molar-refractivity contribution in [3.05, 3.63) is 36.4 Å². The zero-order chi connectivity index (χ0) is 12.5. The number of hydrogen-bond acceptors (Lipinski definition) is 4. The number of rotatable bonds is 3. The van der Waals surface area contributed by atoms with Crippen molar-refractivity contribution in [2.75, 3.05) is 0 Å². The van der Waals surface area contributed by atoms with Gasteiger partial charge in [-0.2, -0.15) is 0 Å². The molecule has 0 bridgehead atoms. The average molecular weight is 242 g/mol. The number of nitrogens with zero attached hydrogens (tertiary/aromatic N) is 6. The fourth-order valence-electron chi connectivity index (χ4n) is 2.03. The fourth-order valence-corrected chi connectivity index (χ4v) is 2.03. The Kier molecular flexibility index (Phi) is 2.55. The minimum absolute atomic E-state index is 0.755. The molecule has 6 nitrogen and oxygen atoms in total. The second kappa shape index (κ2) is 4.21. The molecule has 0 aliphatic rings. The Morgan fingerprint density at radius 1 is 1.11 bits per heavy atom. The van der Waals surface area contributed by atoms with Crippen LogP contribution < -0.4 is 0 Å². The first kappa shape index (κ1) is 10.9. The summed E-state index contributed by atoms with van der Waals surface area (Å²) in [5.41, 5.74) is 0.755. The molecule has 0 radical (unpaired) electrons. The molecule has 0 spiro atoms. The van der Waals surface area contributed by atoms with Crippen LogP contribution in [-0.4, -0.2) is 29.1 Å². The van der Waals surface area contributed by atoms with Crippen LogP contribution in [0.2, 0.25) is 0 Å². The van der Waals surface area contributed by atoms with Gasteiger partial charge in [0.25, 0.3) is 0 Å². The summed E-state index contributed by atoms with van der Waals surface area (Å²) in [6, 6.07) is 0. The van der Waals surface area contributed by atoms with Crippen molar-refractivity contribution in [3.8, 4) is 5.82 Å². The molecule has 0 aromatic carbocycles. The number of aromatic nitrogens is 6. The van der Waals surface area contributed by atoms with Gasteiger partial charge in [0.1, 0.15) is 11.6 Å². The van der Waals surface area contributed by atoms with Crippen molar-refractivity contribution < 1.29 is 0 Å². The Morgan fingerprint density at radius 2 is 1.94 bits per heavy atom. The molecule has 3 aromatic heterocycles. The first-order valence-corrected chi connectivity index (χ1v) is 6.00. The van der Waals surface area contributed by atoms with Crippen LogP contribution in [0.1, 0.15) is 25.0 Å². The Labute approximate surface area is 104 Å². The fraction of sp³-hybridized carbons (Fsp3) is 0.333. The highest BCUT2D eigenvalue weighted by atomic mass is 15.3. The Balaban J connectivity index is 2.22. The van der Waals surface area contributed by atoms with Gasteiger partial charge in [-0.05, 0) is 13.3 Å². The second-order valence-electron chi connectivity index (χ2n) is 4.16. The van der Waals surface area contributed by atoms with Crippen molar-refractivity contribution in [1.29, 1.82) is 0 Å². The summed E-state index contributed by atoms with van der Waals surface area (Å²) < 4.78 is 3.91. The van der Waals surface area contributed by atoms with Gasteiger partial charge in [-0.3, -0.25) is 8.97 Å². The third kappa shape index (κ3) is 1.57. The Morgan fingerprint density at radius 3 is 2.78 bits per heavy atom. The highest BCUT2D eigenvalue weighted by Crippen LogP contribution is 2.14. The van der Waals surface area contributed by atoms with Crippen molar-refractivity contribution in [1.82, 2.24) is 29.1 Å². The van der Waals surface area contributed by atoms with Gasteiger partial charge in [0.15, 0.2) is 5.82 Å². The predicted octanol–water partition coefficient (Wildman–Crippen LogP) is 1.57. The summed E-state index contributed by atoms with van der Waals surface area (Å²) >= 11 is 0. The molecule has 92 valence electrons. The molecule has 18 heavy (non-hydrogen) atoms. The molecule has 0 aliphatic carbocycles. The van der Waals surface area contributed by atoms with E-state index >= 15 is 0 Å². The van der Waals surface area contributed by atoms with E-state index in [-0.39, 0.29) is 0 Å². The molecule has 0 atom stereocenters. The van der Waals surface area contributed by atoms with Crippen LogP contribution in [0.15, 0.2) is 24.8 Å². The number of fused-ring (bicyclic) bond motifs is 1. The van der Waals surface area contributed by atoms with Crippen LogP contribution in [0.4, 0.5) is 0 Å². The first-order chi connectivity index (χ1) is 8.81. The van der Waals surface area contributed by atoms with Crippen LogP contribution in [0.5, 0.6) is 0 Å². The van der Waals surface area contributed by atoms with Gasteiger partial charge >= 0.3 is 0 Å². The number of imidazole rings is 1. The summed E-state index contributed by atoms with van der Waals surface area (Å²) in [6.07, 6.45) is 9.30. The zero-order valence-corrected chi connectivity index (χ0v) is 10.4. The van der Waals surface area contributed by atoms with E-state index in [4.69, 9.17) is 0 Å². The summed E-state index contributed by atoms with van der Waals surface area (Å²) in [6.45, 7) is 4.05. The third-order valence-corrected chi connectivity index (χ3v) is 2.90. The molecular formula is C12H14N6. The third-order valence-electron chi connectivity index (χ3n) is 2.90. The van der Waals surface area contributed by atoms with E-state index < -0.39 is 0 Å². The maximum Gasteiger partial charge on any atom is 0.204 e. The Bertz CT molecular complexity index is 681. The van der Waals surface area contributed by atoms with Crippen molar-refractivity contribution in [3.63, 3.8) is 0 Å². The molecular weight excluding hydrogens is 228 g/mol.